The van der Waals surface area contributed by atoms with E-state index in [2.05, 4.69) is 0 Å². The fraction of sp³-hybridized carbons (Fsp3) is 0.250. The third kappa shape index (κ3) is 3.82. The highest BCUT2D eigenvalue weighted by Gasteiger charge is 2.00. The van der Waals surface area contributed by atoms with Gasteiger partial charge in [0.2, 0.25) is 0 Å². The molecule has 0 bridgehead atoms. The van der Waals surface area contributed by atoms with Gasteiger partial charge in [-0.25, -0.2) is 0 Å². The van der Waals surface area contributed by atoms with Crippen LogP contribution in [0.3, 0.4) is 0 Å². The number of hydrogen-bond donors (Lipinski definition) is 2. The van der Waals surface area contributed by atoms with Crippen LogP contribution in [0.2, 0.25) is 0 Å². The summed E-state index contributed by atoms with van der Waals surface area (Å²) in [5, 5.41) is 0. The molecule has 106 valence electrons. The molecule has 0 aliphatic carbocycles. The van der Waals surface area contributed by atoms with Crippen molar-refractivity contribution in [3.63, 3.8) is 0 Å². The Morgan fingerprint density at radius 3 is 2.40 bits per heavy atom. The molecule has 20 heavy (non-hydrogen) atoms. The van der Waals surface area contributed by atoms with Crippen LogP contribution >= 0.6 is 0 Å². The molecule has 4 heteroatoms. The third-order valence-electron chi connectivity index (χ3n) is 2.98. The molecule has 0 saturated heterocycles. The van der Waals surface area contributed by atoms with Crippen molar-refractivity contribution >= 4 is 11.4 Å². The first-order chi connectivity index (χ1) is 9.66. The van der Waals surface area contributed by atoms with Crippen LogP contribution in [0.1, 0.15) is 12.0 Å². The number of anilines is 2. The van der Waals surface area contributed by atoms with E-state index in [4.69, 9.17) is 20.9 Å². The van der Waals surface area contributed by atoms with Gasteiger partial charge in [-0.05, 0) is 42.8 Å². The molecule has 0 unspecified atom stereocenters. The zero-order chi connectivity index (χ0) is 14.4. The van der Waals surface area contributed by atoms with Crippen LogP contribution in [0.4, 0.5) is 11.4 Å². The summed E-state index contributed by atoms with van der Waals surface area (Å²) < 4.78 is 11.2. The first kappa shape index (κ1) is 14.1. The molecule has 4 N–H and O–H groups in total. The second-order valence-corrected chi connectivity index (χ2v) is 4.61. The van der Waals surface area contributed by atoms with Crippen LogP contribution in [-0.2, 0) is 0 Å². The second-order valence-electron chi connectivity index (χ2n) is 4.61. The predicted octanol–water partition coefficient (Wildman–Crippen LogP) is 3.01. The molecule has 2 aromatic rings. The molecule has 0 aliphatic heterocycles. The molecule has 0 radical (unpaired) electrons. The van der Waals surface area contributed by atoms with Gasteiger partial charge < -0.3 is 20.9 Å². The Morgan fingerprint density at radius 2 is 1.65 bits per heavy atom. The lowest BCUT2D eigenvalue weighted by atomic mass is 10.2. The Hall–Kier alpha value is -2.36. The van der Waals surface area contributed by atoms with Gasteiger partial charge in [-0.3, -0.25) is 0 Å². The molecule has 2 rings (SSSR count). The zero-order valence-corrected chi connectivity index (χ0v) is 11.6. The van der Waals surface area contributed by atoms with Crippen molar-refractivity contribution in [2.45, 2.75) is 13.3 Å². The molecule has 2 aromatic carbocycles. The number of hydrogen-bond acceptors (Lipinski definition) is 4. The predicted molar refractivity (Wildman–Crippen MR) is 82.1 cm³/mol. The number of para-hydroxylation sites is 2. The van der Waals surface area contributed by atoms with Gasteiger partial charge in [0.15, 0.2) is 0 Å². The fourth-order valence-electron chi connectivity index (χ4n) is 1.78. The Kier molecular flexibility index (Phi) is 4.71. The lowest BCUT2D eigenvalue weighted by molar-refractivity contribution is 0.248. The molecule has 0 atom stereocenters. The van der Waals surface area contributed by atoms with Crippen LogP contribution in [0.15, 0.2) is 42.5 Å². The molecule has 0 spiro atoms. The highest BCUT2D eigenvalue weighted by atomic mass is 16.5. The highest BCUT2D eigenvalue weighted by Crippen LogP contribution is 2.20. The zero-order valence-electron chi connectivity index (χ0n) is 11.6. The minimum Gasteiger partial charge on any atom is -0.493 e. The molecule has 0 aromatic heterocycles. The normalized spacial score (nSPS) is 10.2. The fourth-order valence-corrected chi connectivity index (χ4v) is 1.78. The van der Waals surface area contributed by atoms with Crippen LogP contribution in [-0.4, -0.2) is 13.2 Å². The standard InChI is InChI=1S/C16H20N2O2/c1-12-11-13(7-8-14(12)17)19-9-4-10-20-16-6-3-2-5-15(16)18/h2-3,5-8,11H,4,9-10,17-18H2,1H3. The SMILES string of the molecule is Cc1cc(OCCCOc2ccccc2N)ccc1N. The Morgan fingerprint density at radius 1 is 0.900 bits per heavy atom. The van der Waals surface area contributed by atoms with Gasteiger partial charge >= 0.3 is 0 Å². The lowest BCUT2D eigenvalue weighted by Crippen LogP contribution is -2.06. The average Bonchev–Trinajstić information content (AvgIpc) is 2.44. The smallest absolute Gasteiger partial charge is 0.142 e. The molecular weight excluding hydrogens is 252 g/mol. The summed E-state index contributed by atoms with van der Waals surface area (Å²) in [4.78, 5) is 0. The van der Waals surface area contributed by atoms with Gasteiger partial charge in [-0.15, -0.1) is 0 Å². The van der Waals surface area contributed by atoms with Crippen LogP contribution < -0.4 is 20.9 Å². The van der Waals surface area contributed by atoms with E-state index >= 15 is 0 Å². The number of benzene rings is 2. The summed E-state index contributed by atoms with van der Waals surface area (Å²) in [5.74, 6) is 1.55. The minimum absolute atomic E-state index is 0.572. The maximum Gasteiger partial charge on any atom is 0.142 e. The quantitative estimate of drug-likeness (QED) is 0.626. The summed E-state index contributed by atoms with van der Waals surface area (Å²) in [6.07, 6.45) is 0.789. The topological polar surface area (TPSA) is 70.5 Å². The summed E-state index contributed by atoms with van der Waals surface area (Å²) in [7, 11) is 0. The Bertz CT molecular complexity index is 570. The van der Waals surface area contributed by atoms with Crippen LogP contribution in [0.25, 0.3) is 0 Å². The maximum atomic E-state index is 5.79. The third-order valence-corrected chi connectivity index (χ3v) is 2.98. The van der Waals surface area contributed by atoms with E-state index in [1.807, 2.05) is 49.4 Å². The summed E-state index contributed by atoms with van der Waals surface area (Å²) >= 11 is 0. The van der Waals surface area contributed by atoms with E-state index in [1.54, 1.807) is 0 Å². The summed E-state index contributed by atoms with van der Waals surface area (Å²) in [6.45, 7) is 3.13. The Balaban J connectivity index is 1.71. The minimum atomic E-state index is 0.572. The van der Waals surface area contributed by atoms with E-state index < -0.39 is 0 Å². The van der Waals surface area contributed by atoms with Crippen molar-refractivity contribution in [3.8, 4) is 11.5 Å². The second kappa shape index (κ2) is 6.70. The molecular formula is C16H20N2O2. The van der Waals surface area contributed by atoms with Crippen molar-refractivity contribution in [2.24, 2.45) is 0 Å². The van der Waals surface area contributed by atoms with Crippen molar-refractivity contribution < 1.29 is 9.47 Å². The molecule has 0 aliphatic rings. The number of nitrogen functional groups attached to an aromatic ring is 2. The van der Waals surface area contributed by atoms with Gasteiger partial charge in [0.1, 0.15) is 11.5 Å². The summed E-state index contributed by atoms with van der Waals surface area (Å²) in [6, 6.07) is 13.1. The van der Waals surface area contributed by atoms with Crippen molar-refractivity contribution in [1.29, 1.82) is 0 Å². The highest BCUT2D eigenvalue weighted by molar-refractivity contribution is 5.51. The van der Waals surface area contributed by atoms with E-state index in [-0.39, 0.29) is 0 Å². The van der Waals surface area contributed by atoms with Crippen molar-refractivity contribution in [1.82, 2.24) is 0 Å². The van der Waals surface area contributed by atoms with Gasteiger partial charge in [-0.1, -0.05) is 12.1 Å². The van der Waals surface area contributed by atoms with E-state index in [0.29, 0.717) is 18.9 Å². The largest absolute Gasteiger partial charge is 0.493 e. The molecule has 0 heterocycles. The van der Waals surface area contributed by atoms with E-state index in [0.717, 1.165) is 29.2 Å². The van der Waals surface area contributed by atoms with Gasteiger partial charge in [0.05, 0.1) is 18.9 Å². The monoisotopic (exact) mass is 272 g/mol. The van der Waals surface area contributed by atoms with Crippen LogP contribution in [0.5, 0.6) is 11.5 Å². The lowest BCUT2D eigenvalue weighted by Gasteiger charge is -2.10. The van der Waals surface area contributed by atoms with E-state index in [1.165, 1.54) is 0 Å². The molecule has 0 saturated carbocycles. The number of nitrogens with two attached hydrogens (primary N) is 2. The first-order valence-corrected chi connectivity index (χ1v) is 6.63. The van der Waals surface area contributed by atoms with Gasteiger partial charge in [-0.2, -0.15) is 0 Å². The average molecular weight is 272 g/mol. The molecule has 0 amide bonds. The number of aryl methyl sites for hydroxylation is 1. The number of ether oxygens (including phenoxy) is 2. The van der Waals surface area contributed by atoms with E-state index in [9.17, 15) is 0 Å². The maximum absolute atomic E-state index is 5.79. The Labute approximate surface area is 119 Å². The van der Waals surface area contributed by atoms with Gasteiger partial charge in [0, 0.05) is 12.1 Å². The molecule has 4 nitrogen and oxygen atoms in total. The van der Waals surface area contributed by atoms with Gasteiger partial charge in [0.25, 0.3) is 0 Å². The summed E-state index contributed by atoms with van der Waals surface area (Å²) in [5.41, 5.74) is 14.0. The molecule has 0 fully saturated rings. The van der Waals surface area contributed by atoms with Crippen molar-refractivity contribution in [3.05, 3.63) is 48.0 Å². The first-order valence-electron chi connectivity index (χ1n) is 6.63. The number of rotatable bonds is 6. The van der Waals surface area contributed by atoms with Crippen LogP contribution in [0, 0.1) is 6.92 Å². The van der Waals surface area contributed by atoms with Crippen molar-refractivity contribution in [2.75, 3.05) is 24.7 Å².